The van der Waals surface area contributed by atoms with Crippen LogP contribution >= 0.6 is 0 Å². The minimum absolute atomic E-state index is 0.0652. The molecule has 2 aromatic carbocycles. The molecule has 3 aromatic rings. The molecule has 27 heavy (non-hydrogen) atoms. The lowest BCUT2D eigenvalue weighted by atomic mass is 10.1. The summed E-state index contributed by atoms with van der Waals surface area (Å²) in [5, 5.41) is 5.54. The molecule has 0 aliphatic heterocycles. The Hall–Kier alpha value is -3.41. The number of rotatable bonds is 6. The van der Waals surface area contributed by atoms with Crippen molar-refractivity contribution in [3.8, 4) is 5.69 Å². The first-order valence-corrected chi connectivity index (χ1v) is 8.75. The number of benzene rings is 2. The SMILES string of the molecule is Cc1cccc(C(=O)NCC(=O)N[C@@H](C)c2ccc(-n3ccnc3)cc2)c1. The van der Waals surface area contributed by atoms with Gasteiger partial charge in [-0.05, 0) is 43.7 Å². The van der Waals surface area contributed by atoms with Gasteiger partial charge in [0.15, 0.2) is 0 Å². The van der Waals surface area contributed by atoms with E-state index in [4.69, 9.17) is 0 Å². The second kappa shape index (κ2) is 8.31. The fourth-order valence-electron chi connectivity index (χ4n) is 2.77. The van der Waals surface area contributed by atoms with E-state index in [9.17, 15) is 9.59 Å². The van der Waals surface area contributed by atoms with E-state index in [1.54, 1.807) is 24.7 Å². The summed E-state index contributed by atoms with van der Waals surface area (Å²) in [5.74, 6) is -0.492. The van der Waals surface area contributed by atoms with Crippen LogP contribution in [-0.2, 0) is 4.79 Å². The molecule has 0 aliphatic carbocycles. The van der Waals surface area contributed by atoms with E-state index in [0.717, 1.165) is 16.8 Å². The lowest BCUT2D eigenvalue weighted by Gasteiger charge is -2.15. The number of nitrogens with zero attached hydrogens (tertiary/aromatic N) is 2. The van der Waals surface area contributed by atoms with Crippen molar-refractivity contribution in [1.82, 2.24) is 20.2 Å². The van der Waals surface area contributed by atoms with Crippen LogP contribution in [-0.4, -0.2) is 27.9 Å². The van der Waals surface area contributed by atoms with E-state index in [2.05, 4.69) is 15.6 Å². The quantitative estimate of drug-likeness (QED) is 0.708. The Balaban J connectivity index is 1.52. The van der Waals surface area contributed by atoms with E-state index >= 15 is 0 Å². The Bertz CT molecular complexity index is 918. The zero-order valence-electron chi connectivity index (χ0n) is 15.3. The van der Waals surface area contributed by atoms with Gasteiger partial charge in [0.05, 0.1) is 18.9 Å². The van der Waals surface area contributed by atoms with Gasteiger partial charge in [0, 0.05) is 23.6 Å². The molecule has 0 unspecified atom stereocenters. The van der Waals surface area contributed by atoms with E-state index < -0.39 is 0 Å². The molecule has 1 heterocycles. The molecular weight excluding hydrogens is 340 g/mol. The highest BCUT2D eigenvalue weighted by atomic mass is 16.2. The number of imidazole rings is 1. The van der Waals surface area contributed by atoms with Crippen LogP contribution in [0.1, 0.15) is 34.5 Å². The van der Waals surface area contributed by atoms with Crippen LogP contribution in [0.4, 0.5) is 0 Å². The fraction of sp³-hybridized carbons (Fsp3) is 0.190. The first kappa shape index (κ1) is 18.4. The van der Waals surface area contributed by atoms with Crippen molar-refractivity contribution in [2.24, 2.45) is 0 Å². The third-order valence-electron chi connectivity index (χ3n) is 4.26. The Morgan fingerprint density at radius 2 is 1.93 bits per heavy atom. The molecule has 3 rings (SSSR count). The number of hydrogen-bond donors (Lipinski definition) is 2. The lowest BCUT2D eigenvalue weighted by molar-refractivity contribution is -0.120. The number of carbonyl (C=O) groups is 2. The molecule has 1 atom stereocenters. The van der Waals surface area contributed by atoms with Gasteiger partial charge in [-0.15, -0.1) is 0 Å². The topological polar surface area (TPSA) is 76.0 Å². The second-order valence-corrected chi connectivity index (χ2v) is 6.40. The van der Waals surface area contributed by atoms with E-state index in [1.165, 1.54) is 0 Å². The molecule has 0 radical (unpaired) electrons. The van der Waals surface area contributed by atoms with Gasteiger partial charge >= 0.3 is 0 Å². The number of nitrogens with one attached hydrogen (secondary N) is 2. The van der Waals surface area contributed by atoms with Gasteiger partial charge in [0.2, 0.25) is 5.91 Å². The highest BCUT2D eigenvalue weighted by molar-refractivity contribution is 5.96. The lowest BCUT2D eigenvalue weighted by Crippen LogP contribution is -2.38. The zero-order chi connectivity index (χ0) is 19.2. The average molecular weight is 362 g/mol. The van der Waals surface area contributed by atoms with Crippen molar-refractivity contribution in [1.29, 1.82) is 0 Å². The first-order valence-electron chi connectivity index (χ1n) is 8.75. The highest BCUT2D eigenvalue weighted by Gasteiger charge is 2.12. The smallest absolute Gasteiger partial charge is 0.251 e. The molecule has 6 heteroatoms. The standard InChI is InChI=1S/C21H22N4O2/c1-15-4-3-5-18(12-15)21(27)23-13-20(26)24-16(2)17-6-8-19(9-7-17)25-11-10-22-14-25/h3-12,14,16H,13H2,1-2H3,(H,23,27)(H,24,26)/t16-/m0/s1. The van der Waals surface area contributed by atoms with E-state index in [0.29, 0.717) is 5.56 Å². The summed E-state index contributed by atoms with van der Waals surface area (Å²) in [6.07, 6.45) is 5.33. The molecule has 1 aromatic heterocycles. The van der Waals surface area contributed by atoms with Gasteiger partial charge < -0.3 is 15.2 Å². The number of carbonyl (C=O) groups excluding carboxylic acids is 2. The summed E-state index contributed by atoms with van der Waals surface area (Å²) >= 11 is 0. The van der Waals surface area contributed by atoms with Crippen molar-refractivity contribution in [2.45, 2.75) is 19.9 Å². The molecule has 0 saturated carbocycles. The average Bonchev–Trinajstić information content (AvgIpc) is 3.21. The normalized spacial score (nSPS) is 11.6. The van der Waals surface area contributed by atoms with Crippen molar-refractivity contribution in [3.63, 3.8) is 0 Å². The molecule has 138 valence electrons. The Kier molecular flexibility index (Phi) is 5.66. The van der Waals surface area contributed by atoms with E-state index in [1.807, 2.05) is 61.0 Å². The summed E-state index contributed by atoms with van der Waals surface area (Å²) in [4.78, 5) is 28.3. The summed E-state index contributed by atoms with van der Waals surface area (Å²) in [7, 11) is 0. The van der Waals surface area contributed by atoms with Crippen molar-refractivity contribution in [3.05, 3.63) is 83.9 Å². The molecule has 0 fully saturated rings. The van der Waals surface area contributed by atoms with Crippen LogP contribution < -0.4 is 10.6 Å². The third kappa shape index (κ3) is 4.82. The predicted octanol–water partition coefficient (Wildman–Crippen LogP) is 2.79. The number of aryl methyl sites for hydroxylation is 1. The van der Waals surface area contributed by atoms with Crippen LogP contribution in [0.25, 0.3) is 5.69 Å². The molecule has 0 saturated heterocycles. The summed E-state index contributed by atoms with van der Waals surface area (Å²) < 4.78 is 1.91. The zero-order valence-corrected chi connectivity index (χ0v) is 15.3. The number of hydrogen-bond acceptors (Lipinski definition) is 3. The van der Waals surface area contributed by atoms with Crippen LogP contribution in [0.3, 0.4) is 0 Å². The van der Waals surface area contributed by atoms with Crippen molar-refractivity contribution < 1.29 is 9.59 Å². The van der Waals surface area contributed by atoms with Crippen molar-refractivity contribution in [2.75, 3.05) is 6.54 Å². The molecule has 0 bridgehead atoms. The molecule has 2 N–H and O–H groups in total. The maximum atomic E-state index is 12.1. The number of amides is 2. The van der Waals surface area contributed by atoms with Gasteiger partial charge in [0.25, 0.3) is 5.91 Å². The maximum absolute atomic E-state index is 12.1. The van der Waals surface area contributed by atoms with Crippen LogP contribution in [0, 0.1) is 6.92 Å². The first-order chi connectivity index (χ1) is 13.0. The van der Waals surface area contributed by atoms with Gasteiger partial charge in [0.1, 0.15) is 0 Å². The highest BCUT2D eigenvalue weighted by Crippen LogP contribution is 2.15. The van der Waals surface area contributed by atoms with Crippen molar-refractivity contribution >= 4 is 11.8 Å². The van der Waals surface area contributed by atoms with Crippen LogP contribution in [0.5, 0.6) is 0 Å². The Morgan fingerprint density at radius 1 is 1.15 bits per heavy atom. The molecule has 2 amide bonds. The van der Waals surface area contributed by atoms with Gasteiger partial charge in [-0.3, -0.25) is 9.59 Å². The minimum atomic E-state index is -0.258. The minimum Gasteiger partial charge on any atom is -0.348 e. The largest absolute Gasteiger partial charge is 0.348 e. The fourth-order valence-corrected chi connectivity index (χ4v) is 2.77. The van der Waals surface area contributed by atoms with E-state index in [-0.39, 0.29) is 24.4 Å². The molecular formula is C21H22N4O2. The molecule has 6 nitrogen and oxygen atoms in total. The second-order valence-electron chi connectivity index (χ2n) is 6.40. The summed E-state index contributed by atoms with van der Waals surface area (Å²) in [5.41, 5.74) is 3.53. The molecule has 0 aliphatic rings. The maximum Gasteiger partial charge on any atom is 0.251 e. The Labute approximate surface area is 158 Å². The molecule has 0 spiro atoms. The van der Waals surface area contributed by atoms with Gasteiger partial charge in [-0.25, -0.2) is 4.98 Å². The summed E-state index contributed by atoms with van der Waals surface area (Å²) in [6.45, 7) is 3.76. The van der Waals surface area contributed by atoms with Crippen LogP contribution in [0.15, 0.2) is 67.3 Å². The summed E-state index contributed by atoms with van der Waals surface area (Å²) in [6, 6.07) is 15.0. The van der Waals surface area contributed by atoms with Gasteiger partial charge in [-0.2, -0.15) is 0 Å². The van der Waals surface area contributed by atoms with Gasteiger partial charge in [-0.1, -0.05) is 29.8 Å². The monoisotopic (exact) mass is 362 g/mol. The number of aromatic nitrogens is 2. The third-order valence-corrected chi connectivity index (χ3v) is 4.26. The van der Waals surface area contributed by atoms with Crippen LogP contribution in [0.2, 0.25) is 0 Å². The Morgan fingerprint density at radius 3 is 2.59 bits per heavy atom. The predicted molar refractivity (Wildman–Crippen MR) is 104 cm³/mol.